The van der Waals surface area contributed by atoms with Gasteiger partial charge in [0, 0.05) is 10.5 Å². The number of nitrogens with zero attached hydrogens (tertiary/aromatic N) is 2. The van der Waals surface area contributed by atoms with Crippen molar-refractivity contribution in [2.75, 3.05) is 5.43 Å². The van der Waals surface area contributed by atoms with Crippen molar-refractivity contribution in [1.29, 1.82) is 0 Å². The maximum atomic E-state index is 12.9. The number of hydrazine groups is 1. The van der Waals surface area contributed by atoms with E-state index in [2.05, 4.69) is 22.3 Å². The molecule has 0 saturated carbocycles. The van der Waals surface area contributed by atoms with Crippen molar-refractivity contribution >= 4 is 17.6 Å². The van der Waals surface area contributed by atoms with E-state index in [-0.39, 0.29) is 5.82 Å². The molecular formula is C13H15FN4S. The van der Waals surface area contributed by atoms with Crippen LogP contribution in [0.2, 0.25) is 0 Å². The molecule has 0 unspecified atom stereocenters. The number of hydrogen-bond acceptors (Lipinski definition) is 5. The highest BCUT2D eigenvalue weighted by Crippen LogP contribution is 2.31. The zero-order valence-electron chi connectivity index (χ0n) is 10.6. The number of nitrogens with two attached hydrogens (primary N) is 1. The van der Waals surface area contributed by atoms with Crippen LogP contribution in [0, 0.1) is 5.82 Å². The predicted molar refractivity (Wildman–Crippen MR) is 74.4 cm³/mol. The summed E-state index contributed by atoms with van der Waals surface area (Å²) in [5, 5.41) is 0.844. The fourth-order valence-electron chi connectivity index (χ4n) is 1.70. The molecule has 4 nitrogen and oxygen atoms in total. The van der Waals surface area contributed by atoms with Crippen LogP contribution in [-0.4, -0.2) is 9.97 Å². The summed E-state index contributed by atoms with van der Waals surface area (Å²) in [6.07, 6.45) is 3.28. The molecule has 100 valence electrons. The largest absolute Gasteiger partial charge is 0.308 e. The molecule has 2 rings (SSSR count). The molecule has 0 aliphatic heterocycles. The number of aromatic nitrogens is 2. The van der Waals surface area contributed by atoms with Crippen LogP contribution in [0.4, 0.5) is 10.2 Å². The molecule has 0 aliphatic rings. The second kappa shape index (κ2) is 6.49. The topological polar surface area (TPSA) is 63.8 Å². The third-order valence-electron chi connectivity index (χ3n) is 2.57. The van der Waals surface area contributed by atoms with Gasteiger partial charge in [0.25, 0.3) is 0 Å². The lowest BCUT2D eigenvalue weighted by Crippen LogP contribution is -2.12. The maximum Gasteiger partial charge on any atom is 0.147 e. The Morgan fingerprint density at radius 2 is 2.00 bits per heavy atom. The highest BCUT2D eigenvalue weighted by molar-refractivity contribution is 7.99. The monoisotopic (exact) mass is 278 g/mol. The SMILES string of the molecule is CCCc1c(NN)ncnc1Sc1ccc(F)cc1. The molecule has 6 heteroatoms. The summed E-state index contributed by atoms with van der Waals surface area (Å²) >= 11 is 1.48. The molecule has 0 radical (unpaired) electrons. The second-order valence-corrected chi connectivity index (χ2v) is 5.02. The molecule has 1 aromatic carbocycles. The molecule has 0 fully saturated rings. The van der Waals surface area contributed by atoms with Gasteiger partial charge in [0.15, 0.2) is 0 Å². The lowest BCUT2D eigenvalue weighted by atomic mass is 10.2. The van der Waals surface area contributed by atoms with Crippen LogP contribution in [0.5, 0.6) is 0 Å². The molecule has 0 atom stereocenters. The predicted octanol–water partition coefficient (Wildman–Crippen LogP) is 3.01. The van der Waals surface area contributed by atoms with Crippen LogP contribution >= 0.6 is 11.8 Å². The van der Waals surface area contributed by atoms with E-state index in [0.717, 1.165) is 28.3 Å². The number of anilines is 1. The van der Waals surface area contributed by atoms with Crippen molar-refractivity contribution in [3.05, 3.63) is 42.0 Å². The third kappa shape index (κ3) is 3.42. The van der Waals surface area contributed by atoms with Crippen molar-refractivity contribution in [3.63, 3.8) is 0 Å². The fraction of sp³-hybridized carbons (Fsp3) is 0.231. The number of rotatable bonds is 5. The molecule has 0 spiro atoms. The van der Waals surface area contributed by atoms with E-state index in [4.69, 9.17) is 5.84 Å². The molecule has 0 saturated heterocycles. The Bertz CT molecular complexity index is 545. The van der Waals surface area contributed by atoms with Gasteiger partial charge in [0.1, 0.15) is 23.0 Å². The Hall–Kier alpha value is -1.66. The lowest BCUT2D eigenvalue weighted by molar-refractivity contribution is 0.626. The number of benzene rings is 1. The van der Waals surface area contributed by atoms with E-state index in [0.29, 0.717) is 5.82 Å². The van der Waals surface area contributed by atoms with Crippen molar-refractivity contribution < 1.29 is 4.39 Å². The Labute approximate surface area is 115 Å². The highest BCUT2D eigenvalue weighted by Gasteiger charge is 2.11. The van der Waals surface area contributed by atoms with E-state index in [1.807, 2.05) is 0 Å². The van der Waals surface area contributed by atoms with Crippen LogP contribution in [0.3, 0.4) is 0 Å². The normalized spacial score (nSPS) is 10.5. The molecule has 0 amide bonds. The molecule has 0 bridgehead atoms. The lowest BCUT2D eigenvalue weighted by Gasteiger charge is -2.11. The average molecular weight is 278 g/mol. The van der Waals surface area contributed by atoms with Crippen LogP contribution in [0.15, 0.2) is 40.5 Å². The summed E-state index contributed by atoms with van der Waals surface area (Å²) in [5.74, 6) is 5.86. The highest BCUT2D eigenvalue weighted by atomic mass is 32.2. The first-order valence-electron chi connectivity index (χ1n) is 5.98. The molecule has 3 N–H and O–H groups in total. The van der Waals surface area contributed by atoms with Crippen LogP contribution in [-0.2, 0) is 6.42 Å². The van der Waals surface area contributed by atoms with E-state index in [1.165, 1.54) is 30.2 Å². The second-order valence-electron chi connectivity index (χ2n) is 3.96. The summed E-state index contributed by atoms with van der Waals surface area (Å²) in [4.78, 5) is 9.33. The van der Waals surface area contributed by atoms with Gasteiger partial charge in [-0.05, 0) is 30.7 Å². The van der Waals surface area contributed by atoms with Crippen molar-refractivity contribution in [2.24, 2.45) is 5.84 Å². The summed E-state index contributed by atoms with van der Waals surface area (Å²) in [5.41, 5.74) is 3.58. The third-order valence-corrected chi connectivity index (χ3v) is 3.62. The van der Waals surface area contributed by atoms with Crippen molar-refractivity contribution in [2.45, 2.75) is 29.7 Å². The van der Waals surface area contributed by atoms with Crippen molar-refractivity contribution in [1.82, 2.24) is 9.97 Å². The zero-order chi connectivity index (χ0) is 13.7. The van der Waals surface area contributed by atoms with Crippen LogP contribution < -0.4 is 11.3 Å². The minimum absolute atomic E-state index is 0.245. The molecule has 0 aliphatic carbocycles. The molecule has 1 heterocycles. The summed E-state index contributed by atoms with van der Waals surface area (Å²) in [6, 6.07) is 6.33. The first-order chi connectivity index (χ1) is 9.24. The van der Waals surface area contributed by atoms with Gasteiger partial charge in [-0.15, -0.1) is 0 Å². The van der Waals surface area contributed by atoms with Gasteiger partial charge in [-0.1, -0.05) is 25.1 Å². The molecule has 1 aromatic heterocycles. The first kappa shape index (κ1) is 13.8. The van der Waals surface area contributed by atoms with E-state index < -0.39 is 0 Å². The van der Waals surface area contributed by atoms with E-state index in [1.54, 1.807) is 12.1 Å². The van der Waals surface area contributed by atoms with Gasteiger partial charge in [-0.25, -0.2) is 20.2 Å². The number of halogens is 1. The van der Waals surface area contributed by atoms with Crippen molar-refractivity contribution in [3.8, 4) is 0 Å². The average Bonchev–Trinajstić information content (AvgIpc) is 2.43. The summed E-state index contributed by atoms with van der Waals surface area (Å²) in [7, 11) is 0. The minimum atomic E-state index is -0.245. The fourth-order valence-corrected chi connectivity index (χ4v) is 2.62. The standard InChI is InChI=1S/C13H15FN4S/c1-2-3-11-12(18-15)16-8-17-13(11)19-10-6-4-9(14)5-7-10/h4-8H,2-3,15H2,1H3,(H,16,17,18). The summed E-state index contributed by atoms with van der Waals surface area (Å²) < 4.78 is 12.9. The first-order valence-corrected chi connectivity index (χ1v) is 6.80. The number of nitrogen functional groups attached to an aromatic ring is 1. The van der Waals surface area contributed by atoms with E-state index in [9.17, 15) is 4.39 Å². The zero-order valence-corrected chi connectivity index (χ0v) is 11.4. The molecule has 2 aromatic rings. The Kier molecular flexibility index (Phi) is 4.70. The van der Waals surface area contributed by atoms with Crippen LogP contribution in [0.1, 0.15) is 18.9 Å². The van der Waals surface area contributed by atoms with Crippen LogP contribution in [0.25, 0.3) is 0 Å². The Balaban J connectivity index is 2.30. The quantitative estimate of drug-likeness (QED) is 0.500. The Morgan fingerprint density at radius 1 is 1.26 bits per heavy atom. The number of hydrogen-bond donors (Lipinski definition) is 2. The smallest absolute Gasteiger partial charge is 0.147 e. The number of nitrogens with one attached hydrogen (secondary N) is 1. The van der Waals surface area contributed by atoms with E-state index >= 15 is 0 Å². The van der Waals surface area contributed by atoms with Gasteiger partial charge >= 0.3 is 0 Å². The van der Waals surface area contributed by atoms with Gasteiger partial charge < -0.3 is 5.43 Å². The molecule has 19 heavy (non-hydrogen) atoms. The van der Waals surface area contributed by atoms with Gasteiger partial charge in [0.2, 0.25) is 0 Å². The van der Waals surface area contributed by atoms with Gasteiger partial charge in [0.05, 0.1) is 0 Å². The van der Waals surface area contributed by atoms with Gasteiger partial charge in [-0.3, -0.25) is 0 Å². The summed E-state index contributed by atoms with van der Waals surface area (Å²) in [6.45, 7) is 2.08. The Morgan fingerprint density at radius 3 is 2.63 bits per heavy atom. The molecular weight excluding hydrogens is 263 g/mol. The maximum absolute atomic E-state index is 12.9. The van der Waals surface area contributed by atoms with Gasteiger partial charge in [-0.2, -0.15) is 0 Å². The minimum Gasteiger partial charge on any atom is -0.308 e.